The summed E-state index contributed by atoms with van der Waals surface area (Å²) in [4.78, 5) is 32.9. The van der Waals surface area contributed by atoms with Gasteiger partial charge >= 0.3 is 11.9 Å². The number of carbonyl (C=O) groups is 2. The summed E-state index contributed by atoms with van der Waals surface area (Å²) < 4.78 is 12.4. The highest BCUT2D eigenvalue weighted by molar-refractivity contribution is 6.13. The molecule has 2 aliphatic heterocycles. The molecule has 0 aliphatic carbocycles. The van der Waals surface area contributed by atoms with Crippen molar-refractivity contribution in [3.8, 4) is 0 Å². The Bertz CT molecular complexity index is 1180. The molecule has 0 aromatic rings. The highest BCUT2D eigenvalue weighted by atomic mass is 16.7. The molecule has 2 saturated heterocycles. The number of hydrogen-bond donors (Lipinski definition) is 9. The molecule has 4 unspecified atom stereocenters. The van der Waals surface area contributed by atoms with Crippen LogP contribution in [0.2, 0.25) is 0 Å². The van der Waals surface area contributed by atoms with Gasteiger partial charge in [-0.1, -0.05) is 83.5 Å². The van der Waals surface area contributed by atoms with Crippen LogP contribution in [0.1, 0.15) is 213 Å². The second kappa shape index (κ2) is 33.4. The van der Waals surface area contributed by atoms with Crippen LogP contribution in [-0.2, 0) is 19.1 Å². The summed E-state index contributed by atoms with van der Waals surface area (Å²) in [5, 5.41) is 85.3. The maximum Gasteiger partial charge on any atom is 0.308 e. The van der Waals surface area contributed by atoms with Crippen molar-refractivity contribution in [1.82, 2.24) is 9.80 Å². The second-order valence-corrected chi connectivity index (χ2v) is 21.5. The number of likely N-dealkylation sites (tertiary alicyclic amines) is 2. The van der Waals surface area contributed by atoms with Crippen molar-refractivity contribution in [2.75, 3.05) is 52.5 Å². The number of aliphatic hydroxyl groups is 9. The number of unbranched alkanes of at least 4 members (excludes halogenated alkanes) is 14. The number of nitrogens with zero attached hydrogens (tertiary/aromatic N) is 2. The van der Waals surface area contributed by atoms with Crippen molar-refractivity contribution in [3.63, 3.8) is 0 Å². The zero-order chi connectivity index (χ0) is 50.5. The number of esters is 2. The van der Waals surface area contributed by atoms with Crippen molar-refractivity contribution in [3.05, 3.63) is 0 Å². The maximum absolute atomic E-state index is 14.0. The van der Waals surface area contributed by atoms with Crippen LogP contribution in [0.15, 0.2) is 0 Å². The number of carbonyl (C=O) groups excluding carboxylic acids is 2. The topological polar surface area (TPSA) is 241 Å². The minimum Gasteiger partial charge on any atom is -0.464 e. The van der Waals surface area contributed by atoms with Crippen LogP contribution in [0.3, 0.4) is 0 Å². The summed E-state index contributed by atoms with van der Waals surface area (Å²) in [7, 11) is 11.1. The van der Waals surface area contributed by atoms with Crippen molar-refractivity contribution < 1.29 is 65.0 Å². The molecule has 0 aromatic carbocycles. The molecule has 0 saturated carbocycles. The predicted octanol–water partition coefficient (Wildman–Crippen LogP) is 5.39. The van der Waals surface area contributed by atoms with Gasteiger partial charge in [0.05, 0.1) is 17.9 Å². The van der Waals surface area contributed by atoms with E-state index in [0.717, 1.165) is 155 Å². The molecule has 15 nitrogen and oxygen atoms in total. The monoisotopic (exact) mass is 967 g/mol. The lowest BCUT2D eigenvalue weighted by Gasteiger charge is -2.48. The van der Waals surface area contributed by atoms with E-state index in [4.69, 9.17) is 25.2 Å². The number of hydrogen-bond acceptors (Lipinski definition) is 15. The Kier molecular flexibility index (Phi) is 30.8. The van der Waals surface area contributed by atoms with Gasteiger partial charge in [-0.25, -0.2) is 0 Å². The lowest BCUT2D eigenvalue weighted by atomic mass is 9.71. The van der Waals surface area contributed by atoms with Gasteiger partial charge in [0.15, 0.2) is 13.6 Å². The van der Waals surface area contributed by atoms with Crippen LogP contribution >= 0.6 is 0 Å². The Hall–Kier alpha value is -1.37. The molecule has 4 atom stereocenters. The molecule has 2 rings (SSSR count). The van der Waals surface area contributed by atoms with E-state index in [9.17, 15) is 55.5 Å². The molecule has 2 fully saturated rings. The molecule has 2 aliphatic rings. The van der Waals surface area contributed by atoms with E-state index < -0.39 is 22.9 Å². The number of ether oxygens (including phenoxy) is 2. The van der Waals surface area contributed by atoms with Crippen molar-refractivity contribution >= 4 is 27.6 Å². The fourth-order valence-electron chi connectivity index (χ4n) is 10.0. The smallest absolute Gasteiger partial charge is 0.308 e. The van der Waals surface area contributed by atoms with Gasteiger partial charge in [-0.05, 0) is 155 Å². The standard InChI is InChI=1S/C51H96B2N2O13/c1-47(52,59)26-16-7-3-12-22-42(25-15-6-10-19-29-51(64,65)66)45(57)67-40-44(55-37-32-49(33-38-55)30-35-54(36-31-49)34-20-11-21-39-56)41-68-46(58)43(23-13-4-8-17-27-48(2,60)61)24-14-5-9-18-28-50(53,62)63/h42-44,56,59-66H,3-41H2,1-2H3. The quantitative estimate of drug-likeness (QED) is 0.0162. The number of rotatable bonds is 40. The van der Waals surface area contributed by atoms with E-state index >= 15 is 0 Å². The number of piperidine rings is 2. The molecule has 9 N–H and O–H groups in total. The molecule has 1 spiro atoms. The molecule has 4 radical (unpaired) electrons. The van der Waals surface area contributed by atoms with Gasteiger partial charge in [0, 0.05) is 24.9 Å². The van der Waals surface area contributed by atoms with Gasteiger partial charge in [-0.15, -0.1) is 0 Å². The van der Waals surface area contributed by atoms with E-state index in [1.807, 2.05) is 0 Å². The summed E-state index contributed by atoms with van der Waals surface area (Å²) >= 11 is 0. The van der Waals surface area contributed by atoms with Gasteiger partial charge < -0.3 is 60.3 Å². The third kappa shape index (κ3) is 31.9. The lowest BCUT2D eigenvalue weighted by Crippen LogP contribution is -2.52. The summed E-state index contributed by atoms with van der Waals surface area (Å²) in [6.45, 7) is 8.20. The van der Waals surface area contributed by atoms with E-state index in [-0.39, 0.29) is 74.3 Å². The largest absolute Gasteiger partial charge is 0.464 e. The van der Waals surface area contributed by atoms with Crippen LogP contribution in [-0.4, -0.2) is 165 Å². The Morgan fingerprint density at radius 1 is 0.529 bits per heavy atom. The summed E-state index contributed by atoms with van der Waals surface area (Å²) in [6.07, 6.45) is 22.4. The molecule has 2 heterocycles. The first-order valence-corrected chi connectivity index (χ1v) is 26.8. The average Bonchev–Trinajstić information content (AvgIpc) is 3.25. The molecule has 394 valence electrons. The van der Waals surface area contributed by atoms with Crippen LogP contribution in [0.25, 0.3) is 0 Å². The van der Waals surface area contributed by atoms with Gasteiger partial charge in [-0.2, -0.15) is 0 Å². The maximum atomic E-state index is 14.0. The van der Waals surface area contributed by atoms with Crippen molar-refractivity contribution in [1.29, 1.82) is 0 Å². The van der Waals surface area contributed by atoms with E-state index in [2.05, 4.69) is 9.80 Å². The lowest BCUT2D eigenvalue weighted by molar-refractivity contribution is -0.315. The van der Waals surface area contributed by atoms with Crippen LogP contribution in [0, 0.1) is 17.3 Å². The molecule has 0 aromatic heterocycles. The third-order valence-electron chi connectivity index (χ3n) is 14.5. The molecular formula is C51H96B2N2O13. The highest BCUT2D eigenvalue weighted by Gasteiger charge is 2.39. The Balaban J connectivity index is 2.16. The Morgan fingerprint density at radius 3 is 1.34 bits per heavy atom. The predicted molar refractivity (Wildman–Crippen MR) is 265 cm³/mol. The fraction of sp³-hybridized carbons (Fsp3) is 0.961. The van der Waals surface area contributed by atoms with Gasteiger partial charge in [0.1, 0.15) is 26.7 Å². The summed E-state index contributed by atoms with van der Waals surface area (Å²) in [6, 6.07) is -0.326. The van der Waals surface area contributed by atoms with Crippen molar-refractivity contribution in [2.45, 2.75) is 242 Å². The van der Waals surface area contributed by atoms with Gasteiger partial charge in [-0.3, -0.25) is 14.5 Å². The first-order valence-electron chi connectivity index (χ1n) is 26.8. The third-order valence-corrected chi connectivity index (χ3v) is 14.5. The SMILES string of the molecule is [B]C(C)(O)CCCCCCC(CCCCCCC(O)(O)O)C(=O)OCC(COC(=O)C(CCCCCCC([B])(O)O)CCCCCCC(C)(O)O)N1CCC2(CCN(CCCCCO)CC2)CC1. The molecule has 17 heteroatoms. The first-order chi connectivity index (χ1) is 32.0. The van der Waals surface area contributed by atoms with Crippen LogP contribution < -0.4 is 0 Å². The van der Waals surface area contributed by atoms with Crippen LogP contribution in [0.5, 0.6) is 0 Å². The molecule has 0 amide bonds. The summed E-state index contributed by atoms with van der Waals surface area (Å²) in [5.74, 6) is -5.62. The Morgan fingerprint density at radius 2 is 0.926 bits per heavy atom. The van der Waals surface area contributed by atoms with E-state index in [1.165, 1.54) is 6.92 Å². The zero-order valence-electron chi connectivity index (χ0n) is 42.5. The molecule has 0 bridgehead atoms. The highest BCUT2D eigenvalue weighted by Crippen LogP contribution is 2.42. The normalized spacial score (nSPS) is 18.6. The fourth-order valence-corrected chi connectivity index (χ4v) is 10.0. The van der Waals surface area contributed by atoms with Crippen LogP contribution in [0.4, 0.5) is 0 Å². The molecular weight excluding hydrogens is 870 g/mol. The molecule has 68 heavy (non-hydrogen) atoms. The second-order valence-electron chi connectivity index (χ2n) is 21.5. The Labute approximate surface area is 412 Å². The summed E-state index contributed by atoms with van der Waals surface area (Å²) in [5.41, 5.74) is -3.14. The van der Waals surface area contributed by atoms with Gasteiger partial charge in [0.25, 0.3) is 5.97 Å². The van der Waals surface area contributed by atoms with E-state index in [1.54, 1.807) is 6.92 Å². The number of aliphatic hydroxyl groups excluding tert-OH is 1. The minimum atomic E-state index is -2.68. The van der Waals surface area contributed by atoms with Crippen molar-refractivity contribution in [2.24, 2.45) is 17.3 Å². The first kappa shape index (κ1) is 62.7. The zero-order valence-corrected chi connectivity index (χ0v) is 42.5. The average molecular weight is 967 g/mol. The minimum absolute atomic E-state index is 0.0666. The van der Waals surface area contributed by atoms with Gasteiger partial charge in [0.2, 0.25) is 0 Å². The van der Waals surface area contributed by atoms with E-state index in [0.29, 0.717) is 57.8 Å².